The molecule has 0 atom stereocenters. The molecule has 0 aromatic heterocycles. The molecule has 0 aliphatic carbocycles. The Kier molecular flexibility index (Phi) is 29.0. The Morgan fingerprint density at radius 3 is 0.839 bits per heavy atom. The van der Waals surface area contributed by atoms with E-state index in [9.17, 15) is 0 Å². The van der Waals surface area contributed by atoms with E-state index >= 15 is 0 Å². The molecule has 0 unspecified atom stereocenters. The number of hydrogen-bond acceptors (Lipinski definition) is 0. The molecule has 31 heavy (non-hydrogen) atoms. The van der Waals surface area contributed by atoms with Crippen molar-refractivity contribution >= 4 is 0 Å². The fourth-order valence-electron chi connectivity index (χ4n) is 4.39. The summed E-state index contributed by atoms with van der Waals surface area (Å²) in [6, 6.07) is 0. The van der Waals surface area contributed by atoms with Crippen molar-refractivity contribution < 1.29 is 0 Å². The monoisotopic (exact) mass is 432 g/mol. The molecule has 0 spiro atoms. The molecule has 0 N–H and O–H groups in total. The van der Waals surface area contributed by atoms with Gasteiger partial charge in [0.25, 0.3) is 0 Å². The van der Waals surface area contributed by atoms with Crippen LogP contribution in [0.1, 0.15) is 174 Å². The highest BCUT2D eigenvalue weighted by Gasteiger charge is 1.94. The fourth-order valence-corrected chi connectivity index (χ4v) is 4.39. The van der Waals surface area contributed by atoms with Gasteiger partial charge in [0.15, 0.2) is 0 Å². The first-order valence-corrected chi connectivity index (χ1v) is 14.7. The summed E-state index contributed by atoms with van der Waals surface area (Å²) in [5.74, 6) is 0. The molecule has 0 radical (unpaired) electrons. The predicted octanol–water partition coefficient (Wildman–Crippen LogP) is 11.9. The molecule has 184 valence electrons. The number of hydrogen-bond donors (Lipinski definition) is 0. The highest BCUT2D eigenvalue weighted by molar-refractivity contribution is 4.81. The lowest BCUT2D eigenvalue weighted by Crippen LogP contribution is -1.83. The Bertz CT molecular complexity index is 351. The number of allylic oxidation sites excluding steroid dienone is 4. The Labute approximate surface area is 198 Å². The second-order valence-electron chi connectivity index (χ2n) is 9.79. The van der Waals surface area contributed by atoms with E-state index in [-0.39, 0.29) is 0 Å². The number of rotatable bonds is 26. The average molecular weight is 433 g/mol. The van der Waals surface area contributed by atoms with Crippen LogP contribution in [-0.2, 0) is 0 Å². The molecule has 0 heterocycles. The molecular formula is C31H60. The van der Waals surface area contributed by atoms with E-state index in [2.05, 4.69) is 38.2 Å². The Morgan fingerprint density at radius 2 is 0.548 bits per heavy atom. The molecule has 0 saturated heterocycles. The summed E-state index contributed by atoms with van der Waals surface area (Å²) in [5, 5.41) is 0. The van der Waals surface area contributed by atoms with Crippen molar-refractivity contribution in [2.75, 3.05) is 0 Å². The van der Waals surface area contributed by atoms with Crippen LogP contribution in [0.15, 0.2) is 24.3 Å². The van der Waals surface area contributed by atoms with E-state index in [1.165, 1.54) is 161 Å². The van der Waals surface area contributed by atoms with Crippen molar-refractivity contribution in [1.29, 1.82) is 0 Å². The van der Waals surface area contributed by atoms with Gasteiger partial charge in [-0.2, -0.15) is 0 Å². The van der Waals surface area contributed by atoms with Crippen LogP contribution in [0.4, 0.5) is 0 Å². The van der Waals surface area contributed by atoms with Gasteiger partial charge in [0, 0.05) is 0 Å². The van der Waals surface area contributed by atoms with Crippen molar-refractivity contribution in [2.45, 2.75) is 174 Å². The van der Waals surface area contributed by atoms with Crippen LogP contribution in [0, 0.1) is 0 Å². The highest BCUT2D eigenvalue weighted by atomic mass is 14.0. The van der Waals surface area contributed by atoms with Gasteiger partial charge < -0.3 is 0 Å². The quantitative estimate of drug-likeness (QED) is 0.0941. The highest BCUT2D eigenvalue weighted by Crippen LogP contribution is 2.14. The summed E-state index contributed by atoms with van der Waals surface area (Å²) >= 11 is 0. The number of unbranched alkanes of at least 4 members (excludes halogenated alkanes) is 22. The third kappa shape index (κ3) is 29.5. The normalized spacial score (nSPS) is 11.9. The molecule has 0 aromatic rings. The van der Waals surface area contributed by atoms with Gasteiger partial charge >= 0.3 is 0 Å². The first kappa shape index (κ1) is 30.5. The van der Waals surface area contributed by atoms with Gasteiger partial charge in [-0.3, -0.25) is 0 Å². The van der Waals surface area contributed by atoms with E-state index in [1.807, 2.05) is 0 Å². The summed E-state index contributed by atoms with van der Waals surface area (Å²) in [4.78, 5) is 0. The largest absolute Gasteiger partial charge is 0.0888 e. The van der Waals surface area contributed by atoms with Gasteiger partial charge in [-0.05, 0) is 44.9 Å². The van der Waals surface area contributed by atoms with E-state index in [0.29, 0.717) is 0 Å². The van der Waals surface area contributed by atoms with Gasteiger partial charge in [-0.1, -0.05) is 154 Å². The van der Waals surface area contributed by atoms with Gasteiger partial charge in [-0.15, -0.1) is 0 Å². The van der Waals surface area contributed by atoms with Crippen molar-refractivity contribution in [3.8, 4) is 0 Å². The maximum atomic E-state index is 2.44. The lowest BCUT2D eigenvalue weighted by Gasteiger charge is -2.03. The van der Waals surface area contributed by atoms with Gasteiger partial charge in [0.2, 0.25) is 0 Å². The minimum Gasteiger partial charge on any atom is -0.0888 e. The average Bonchev–Trinajstić information content (AvgIpc) is 2.78. The fraction of sp³-hybridized carbons (Fsp3) is 0.871. The molecule has 0 amide bonds. The summed E-state index contributed by atoms with van der Waals surface area (Å²) in [5.41, 5.74) is 0. The Balaban J connectivity index is 3.06. The second-order valence-corrected chi connectivity index (χ2v) is 9.79. The SMILES string of the molecule is CC/C=C/CCCCCCCCCCCCCCCCC/C=C/CCCCCCCC. The molecule has 0 aliphatic rings. The van der Waals surface area contributed by atoms with Crippen LogP contribution < -0.4 is 0 Å². The lowest BCUT2D eigenvalue weighted by molar-refractivity contribution is 0.531. The maximum absolute atomic E-state index is 2.44. The standard InChI is InChI=1S/C31H60/c1-3-5-7-9-11-13-15-17-19-21-23-25-27-29-31-30-28-26-24-22-20-18-16-14-12-10-8-6-4-2/h5,7,18,20H,3-4,6,8-17,19,21-31H2,1-2H3/b7-5+,20-18+. The first-order valence-electron chi connectivity index (χ1n) is 14.7. The van der Waals surface area contributed by atoms with E-state index in [0.717, 1.165) is 0 Å². The van der Waals surface area contributed by atoms with Crippen LogP contribution in [0.5, 0.6) is 0 Å². The van der Waals surface area contributed by atoms with Crippen LogP contribution in [0.3, 0.4) is 0 Å². The second kappa shape index (κ2) is 29.5. The van der Waals surface area contributed by atoms with Gasteiger partial charge in [-0.25, -0.2) is 0 Å². The van der Waals surface area contributed by atoms with E-state index in [4.69, 9.17) is 0 Å². The lowest BCUT2D eigenvalue weighted by atomic mass is 10.0. The molecule has 0 heteroatoms. The molecule has 0 aromatic carbocycles. The minimum atomic E-state index is 1.19. The van der Waals surface area contributed by atoms with Crippen LogP contribution in [0.25, 0.3) is 0 Å². The van der Waals surface area contributed by atoms with Gasteiger partial charge in [0.05, 0.1) is 0 Å². The zero-order valence-corrected chi connectivity index (χ0v) is 22.0. The Morgan fingerprint density at radius 1 is 0.290 bits per heavy atom. The first-order chi connectivity index (χ1) is 15.4. The van der Waals surface area contributed by atoms with E-state index in [1.54, 1.807) is 0 Å². The molecule has 0 rings (SSSR count). The molecule has 0 saturated carbocycles. The molecular weight excluding hydrogens is 372 g/mol. The van der Waals surface area contributed by atoms with Crippen LogP contribution >= 0.6 is 0 Å². The maximum Gasteiger partial charge on any atom is -0.0351 e. The predicted molar refractivity (Wildman–Crippen MR) is 145 cm³/mol. The van der Waals surface area contributed by atoms with Gasteiger partial charge in [0.1, 0.15) is 0 Å². The van der Waals surface area contributed by atoms with Crippen LogP contribution in [-0.4, -0.2) is 0 Å². The van der Waals surface area contributed by atoms with Crippen molar-refractivity contribution in [2.24, 2.45) is 0 Å². The van der Waals surface area contributed by atoms with Crippen LogP contribution in [0.2, 0.25) is 0 Å². The molecule has 0 bridgehead atoms. The Hall–Kier alpha value is -0.520. The zero-order chi connectivity index (χ0) is 22.5. The summed E-state index contributed by atoms with van der Waals surface area (Å²) in [6.45, 7) is 4.51. The third-order valence-electron chi connectivity index (χ3n) is 6.53. The summed E-state index contributed by atoms with van der Waals surface area (Å²) < 4.78 is 0. The summed E-state index contributed by atoms with van der Waals surface area (Å²) in [7, 11) is 0. The smallest absolute Gasteiger partial charge is 0.0351 e. The zero-order valence-electron chi connectivity index (χ0n) is 22.0. The van der Waals surface area contributed by atoms with Crippen molar-refractivity contribution in [3.05, 3.63) is 24.3 Å². The topological polar surface area (TPSA) is 0 Å². The molecule has 0 fully saturated rings. The third-order valence-corrected chi connectivity index (χ3v) is 6.53. The van der Waals surface area contributed by atoms with Crippen molar-refractivity contribution in [1.82, 2.24) is 0 Å². The minimum absolute atomic E-state index is 1.19. The summed E-state index contributed by atoms with van der Waals surface area (Å²) in [6.07, 6.45) is 45.0. The van der Waals surface area contributed by atoms with E-state index < -0.39 is 0 Å². The molecule has 0 aliphatic heterocycles. The molecule has 0 nitrogen and oxygen atoms in total. The van der Waals surface area contributed by atoms with Crippen molar-refractivity contribution in [3.63, 3.8) is 0 Å².